The highest BCUT2D eigenvalue weighted by Gasteiger charge is 2.19. The predicted octanol–water partition coefficient (Wildman–Crippen LogP) is 1.77. The molecule has 1 heterocycles. The lowest BCUT2D eigenvalue weighted by Crippen LogP contribution is -2.43. The first-order valence-corrected chi connectivity index (χ1v) is 6.02. The lowest BCUT2D eigenvalue weighted by atomic mass is 10.2. The van der Waals surface area contributed by atoms with Gasteiger partial charge in [0.1, 0.15) is 0 Å². The van der Waals surface area contributed by atoms with Crippen molar-refractivity contribution in [2.24, 2.45) is 0 Å². The Morgan fingerprint density at radius 3 is 2.35 bits per heavy atom. The van der Waals surface area contributed by atoms with Crippen molar-refractivity contribution < 1.29 is 9.47 Å². The van der Waals surface area contributed by atoms with E-state index in [0.717, 1.165) is 31.9 Å². The fourth-order valence-electron chi connectivity index (χ4n) is 2.07. The highest BCUT2D eigenvalue weighted by Crippen LogP contribution is 2.42. The Kier molecular flexibility index (Phi) is 3.97. The maximum absolute atomic E-state index is 6.08. The zero-order valence-corrected chi connectivity index (χ0v) is 10.9. The molecule has 17 heavy (non-hydrogen) atoms. The summed E-state index contributed by atoms with van der Waals surface area (Å²) in [6, 6.07) is 3.83. The molecule has 1 aromatic carbocycles. The van der Waals surface area contributed by atoms with Crippen LogP contribution < -0.4 is 19.7 Å². The second kappa shape index (κ2) is 5.47. The molecule has 4 nitrogen and oxygen atoms in total. The highest BCUT2D eigenvalue weighted by atomic mass is 35.5. The van der Waals surface area contributed by atoms with Gasteiger partial charge in [-0.05, 0) is 12.1 Å². The number of hydrogen-bond acceptors (Lipinski definition) is 4. The van der Waals surface area contributed by atoms with Crippen LogP contribution >= 0.6 is 11.6 Å². The number of ether oxygens (including phenoxy) is 2. The molecule has 5 heteroatoms. The summed E-state index contributed by atoms with van der Waals surface area (Å²) >= 11 is 6.08. The Balaban J connectivity index is 2.38. The fraction of sp³-hybridized carbons (Fsp3) is 0.500. The summed E-state index contributed by atoms with van der Waals surface area (Å²) in [6.07, 6.45) is 0. The minimum Gasteiger partial charge on any atom is -0.491 e. The van der Waals surface area contributed by atoms with E-state index in [-0.39, 0.29) is 0 Å². The van der Waals surface area contributed by atoms with Gasteiger partial charge in [0.2, 0.25) is 0 Å². The van der Waals surface area contributed by atoms with Crippen molar-refractivity contribution in [1.29, 1.82) is 0 Å². The number of anilines is 1. The van der Waals surface area contributed by atoms with Crippen molar-refractivity contribution >= 4 is 17.3 Å². The van der Waals surface area contributed by atoms with Gasteiger partial charge >= 0.3 is 0 Å². The fourth-order valence-corrected chi connectivity index (χ4v) is 2.30. The van der Waals surface area contributed by atoms with E-state index in [4.69, 9.17) is 21.1 Å². The van der Waals surface area contributed by atoms with Gasteiger partial charge in [0.05, 0.1) is 24.9 Å². The minimum atomic E-state index is 0.572. The molecule has 1 aliphatic rings. The Labute approximate surface area is 106 Å². The Bertz CT molecular complexity index is 392. The SMILES string of the molecule is COc1c(Cl)ccc(N2CCNCC2)c1OC. The molecular weight excluding hydrogens is 240 g/mol. The van der Waals surface area contributed by atoms with Crippen LogP contribution in [-0.2, 0) is 0 Å². The van der Waals surface area contributed by atoms with Crippen molar-refractivity contribution in [3.8, 4) is 11.5 Å². The molecule has 0 saturated carbocycles. The van der Waals surface area contributed by atoms with E-state index in [1.807, 2.05) is 12.1 Å². The average Bonchev–Trinajstić information content (AvgIpc) is 2.39. The molecule has 1 N–H and O–H groups in total. The second-order valence-corrected chi connectivity index (χ2v) is 4.28. The molecule has 0 amide bonds. The molecule has 0 unspecified atom stereocenters. The van der Waals surface area contributed by atoms with Crippen molar-refractivity contribution in [3.63, 3.8) is 0 Å². The van der Waals surface area contributed by atoms with Crippen LogP contribution in [0.4, 0.5) is 5.69 Å². The Morgan fingerprint density at radius 1 is 1.12 bits per heavy atom. The molecule has 94 valence electrons. The van der Waals surface area contributed by atoms with Gasteiger partial charge in [0, 0.05) is 26.2 Å². The lowest BCUT2D eigenvalue weighted by molar-refractivity contribution is 0.354. The van der Waals surface area contributed by atoms with Gasteiger partial charge in [-0.3, -0.25) is 0 Å². The van der Waals surface area contributed by atoms with Crippen molar-refractivity contribution in [2.75, 3.05) is 45.3 Å². The first-order valence-electron chi connectivity index (χ1n) is 5.64. The molecule has 0 bridgehead atoms. The molecule has 1 fully saturated rings. The maximum Gasteiger partial charge on any atom is 0.185 e. The summed E-state index contributed by atoms with van der Waals surface area (Å²) in [4.78, 5) is 2.27. The van der Waals surface area contributed by atoms with Gasteiger partial charge < -0.3 is 19.7 Å². The third-order valence-electron chi connectivity index (χ3n) is 2.91. The van der Waals surface area contributed by atoms with Crippen LogP contribution in [0.2, 0.25) is 5.02 Å². The molecule has 0 radical (unpaired) electrons. The van der Waals surface area contributed by atoms with E-state index >= 15 is 0 Å². The molecule has 0 aromatic heterocycles. The summed E-state index contributed by atoms with van der Waals surface area (Å²) in [5.74, 6) is 1.31. The average molecular weight is 257 g/mol. The molecule has 0 aliphatic carbocycles. The third-order valence-corrected chi connectivity index (χ3v) is 3.21. The molecule has 0 spiro atoms. The van der Waals surface area contributed by atoms with Crippen molar-refractivity contribution in [2.45, 2.75) is 0 Å². The number of halogens is 1. The monoisotopic (exact) mass is 256 g/mol. The third kappa shape index (κ3) is 2.42. The number of nitrogens with zero attached hydrogens (tertiary/aromatic N) is 1. The van der Waals surface area contributed by atoms with Crippen LogP contribution in [0.5, 0.6) is 11.5 Å². The molecule has 1 saturated heterocycles. The number of benzene rings is 1. The zero-order valence-electron chi connectivity index (χ0n) is 10.1. The van der Waals surface area contributed by atoms with Gasteiger partial charge in [0.25, 0.3) is 0 Å². The van der Waals surface area contributed by atoms with Crippen LogP contribution in [0.25, 0.3) is 0 Å². The van der Waals surface area contributed by atoms with Gasteiger partial charge in [-0.2, -0.15) is 0 Å². The summed E-state index contributed by atoms with van der Waals surface area (Å²) in [7, 11) is 3.24. The number of rotatable bonds is 3. The van der Waals surface area contributed by atoms with Gasteiger partial charge in [-0.25, -0.2) is 0 Å². The summed E-state index contributed by atoms with van der Waals surface area (Å²) in [5, 5.41) is 3.89. The summed E-state index contributed by atoms with van der Waals surface area (Å²) in [5.41, 5.74) is 1.04. The molecular formula is C12H17ClN2O2. The molecule has 1 aromatic rings. The standard InChI is InChI=1S/C12H17ClN2O2/c1-16-11-9(13)3-4-10(12(11)17-2)15-7-5-14-6-8-15/h3-4,14H,5-8H2,1-2H3. The van der Waals surface area contributed by atoms with Gasteiger partial charge in [-0.15, -0.1) is 0 Å². The first kappa shape index (κ1) is 12.3. The van der Waals surface area contributed by atoms with Crippen LogP contribution in [0, 0.1) is 0 Å². The summed E-state index contributed by atoms with van der Waals surface area (Å²) in [6.45, 7) is 3.88. The Morgan fingerprint density at radius 2 is 1.76 bits per heavy atom. The first-order chi connectivity index (χ1) is 8.27. The molecule has 1 aliphatic heterocycles. The Hall–Kier alpha value is -1.13. The van der Waals surface area contributed by atoms with E-state index in [1.54, 1.807) is 14.2 Å². The van der Waals surface area contributed by atoms with Gasteiger partial charge in [-0.1, -0.05) is 11.6 Å². The van der Waals surface area contributed by atoms with E-state index in [2.05, 4.69) is 10.2 Å². The topological polar surface area (TPSA) is 33.7 Å². The smallest absolute Gasteiger partial charge is 0.185 e. The predicted molar refractivity (Wildman–Crippen MR) is 69.6 cm³/mol. The zero-order chi connectivity index (χ0) is 12.3. The quantitative estimate of drug-likeness (QED) is 0.894. The van der Waals surface area contributed by atoms with Gasteiger partial charge in [0.15, 0.2) is 11.5 Å². The normalized spacial score (nSPS) is 15.8. The largest absolute Gasteiger partial charge is 0.491 e. The van der Waals surface area contributed by atoms with E-state index in [9.17, 15) is 0 Å². The van der Waals surface area contributed by atoms with Crippen LogP contribution in [0.3, 0.4) is 0 Å². The number of piperazine rings is 1. The lowest BCUT2D eigenvalue weighted by Gasteiger charge is -2.31. The maximum atomic E-state index is 6.08. The molecule has 2 rings (SSSR count). The number of nitrogens with one attached hydrogen (secondary N) is 1. The van der Waals surface area contributed by atoms with Crippen LogP contribution in [-0.4, -0.2) is 40.4 Å². The molecule has 0 atom stereocenters. The van der Waals surface area contributed by atoms with Crippen molar-refractivity contribution in [3.05, 3.63) is 17.2 Å². The number of methoxy groups -OCH3 is 2. The van der Waals surface area contributed by atoms with Crippen LogP contribution in [0.1, 0.15) is 0 Å². The summed E-state index contributed by atoms with van der Waals surface area (Å²) < 4.78 is 10.7. The second-order valence-electron chi connectivity index (χ2n) is 3.87. The van der Waals surface area contributed by atoms with E-state index in [1.165, 1.54) is 0 Å². The van der Waals surface area contributed by atoms with E-state index in [0.29, 0.717) is 16.5 Å². The number of hydrogen-bond donors (Lipinski definition) is 1. The highest BCUT2D eigenvalue weighted by molar-refractivity contribution is 6.32. The van der Waals surface area contributed by atoms with Crippen molar-refractivity contribution in [1.82, 2.24) is 5.32 Å². The van der Waals surface area contributed by atoms with E-state index < -0.39 is 0 Å². The minimum absolute atomic E-state index is 0.572. The van der Waals surface area contributed by atoms with Crippen LogP contribution in [0.15, 0.2) is 12.1 Å².